The van der Waals surface area contributed by atoms with E-state index in [0.29, 0.717) is 33.2 Å². The summed E-state index contributed by atoms with van der Waals surface area (Å²) in [6, 6.07) is 12.0. The SMILES string of the molecule is CC(C)(C)CCCCCCCCCC#Cc1ccc2c(=O)c(-c3ccc(NS(C)(=O)=O)cc3)coc2c1. The van der Waals surface area contributed by atoms with Gasteiger partial charge in [-0.2, -0.15) is 0 Å². The summed E-state index contributed by atoms with van der Waals surface area (Å²) >= 11 is 0. The summed E-state index contributed by atoms with van der Waals surface area (Å²) in [5, 5.41) is 0.490. The molecule has 37 heavy (non-hydrogen) atoms. The first-order chi connectivity index (χ1) is 17.5. The van der Waals surface area contributed by atoms with E-state index < -0.39 is 10.0 Å². The van der Waals surface area contributed by atoms with Gasteiger partial charge >= 0.3 is 0 Å². The molecule has 0 aliphatic carbocycles. The number of rotatable bonds is 11. The molecule has 0 amide bonds. The lowest BCUT2D eigenvalue weighted by Crippen LogP contribution is -2.09. The molecule has 0 atom stereocenters. The normalized spacial score (nSPS) is 11.8. The summed E-state index contributed by atoms with van der Waals surface area (Å²) in [5.74, 6) is 6.44. The van der Waals surface area contributed by atoms with E-state index in [-0.39, 0.29) is 5.43 Å². The van der Waals surface area contributed by atoms with Crippen molar-refractivity contribution in [3.05, 3.63) is 64.5 Å². The van der Waals surface area contributed by atoms with Crippen molar-refractivity contribution in [3.8, 4) is 23.0 Å². The van der Waals surface area contributed by atoms with Crippen LogP contribution in [0.25, 0.3) is 22.1 Å². The van der Waals surface area contributed by atoms with E-state index in [4.69, 9.17) is 4.42 Å². The van der Waals surface area contributed by atoms with Crippen LogP contribution in [-0.2, 0) is 10.0 Å². The Kier molecular flexibility index (Phi) is 10.00. The molecule has 198 valence electrons. The first kappa shape index (κ1) is 28.5. The third-order valence-corrected chi connectivity index (χ3v) is 6.84. The smallest absolute Gasteiger partial charge is 0.229 e. The first-order valence-corrected chi connectivity index (χ1v) is 15.0. The second-order valence-electron chi connectivity index (χ2n) is 11.0. The minimum atomic E-state index is -3.36. The fraction of sp³-hybridized carbons (Fsp3) is 0.452. The van der Waals surface area contributed by atoms with E-state index in [9.17, 15) is 13.2 Å². The van der Waals surface area contributed by atoms with Gasteiger partial charge < -0.3 is 4.42 Å². The third kappa shape index (κ3) is 9.74. The van der Waals surface area contributed by atoms with Gasteiger partial charge in [-0.25, -0.2) is 8.42 Å². The van der Waals surface area contributed by atoms with Crippen LogP contribution in [0.1, 0.15) is 84.1 Å². The number of hydrogen-bond donors (Lipinski definition) is 1. The molecular weight excluding hydrogens is 482 g/mol. The third-order valence-electron chi connectivity index (χ3n) is 6.24. The number of anilines is 1. The zero-order chi connectivity index (χ0) is 26.9. The van der Waals surface area contributed by atoms with Crippen molar-refractivity contribution in [2.45, 2.75) is 78.6 Å². The van der Waals surface area contributed by atoms with Gasteiger partial charge in [0.25, 0.3) is 0 Å². The molecule has 0 bridgehead atoms. The largest absolute Gasteiger partial charge is 0.463 e. The number of sulfonamides is 1. The van der Waals surface area contributed by atoms with Gasteiger partial charge in [0.05, 0.1) is 17.2 Å². The fourth-order valence-electron chi connectivity index (χ4n) is 4.25. The van der Waals surface area contributed by atoms with E-state index in [2.05, 4.69) is 37.3 Å². The minimum absolute atomic E-state index is 0.136. The van der Waals surface area contributed by atoms with Crippen LogP contribution in [0, 0.1) is 17.3 Å². The predicted molar refractivity (Wildman–Crippen MR) is 154 cm³/mol. The topological polar surface area (TPSA) is 76.4 Å². The second kappa shape index (κ2) is 13.0. The van der Waals surface area contributed by atoms with Crippen LogP contribution in [0.3, 0.4) is 0 Å². The first-order valence-electron chi connectivity index (χ1n) is 13.1. The van der Waals surface area contributed by atoms with Crippen molar-refractivity contribution in [2.24, 2.45) is 5.41 Å². The molecule has 0 saturated heterocycles. The van der Waals surface area contributed by atoms with Gasteiger partial charge in [-0.15, -0.1) is 0 Å². The van der Waals surface area contributed by atoms with E-state index in [1.165, 1.54) is 51.2 Å². The molecule has 0 unspecified atom stereocenters. The minimum Gasteiger partial charge on any atom is -0.463 e. The van der Waals surface area contributed by atoms with Crippen LogP contribution in [0.2, 0.25) is 0 Å². The molecule has 0 aliphatic heterocycles. The van der Waals surface area contributed by atoms with Crippen LogP contribution >= 0.6 is 0 Å². The van der Waals surface area contributed by atoms with Gasteiger partial charge in [0.15, 0.2) is 5.43 Å². The van der Waals surface area contributed by atoms with Gasteiger partial charge in [0.2, 0.25) is 10.0 Å². The van der Waals surface area contributed by atoms with Crippen molar-refractivity contribution in [2.75, 3.05) is 11.0 Å². The van der Waals surface area contributed by atoms with Gasteiger partial charge in [0, 0.05) is 17.7 Å². The van der Waals surface area contributed by atoms with Crippen molar-refractivity contribution in [3.63, 3.8) is 0 Å². The molecular formula is C31H39NO4S. The molecule has 5 nitrogen and oxygen atoms in total. The number of unbranched alkanes of at least 4 members (excludes halogenated alkanes) is 7. The van der Waals surface area contributed by atoms with Crippen LogP contribution < -0.4 is 10.2 Å². The predicted octanol–water partition coefficient (Wildman–Crippen LogP) is 7.74. The van der Waals surface area contributed by atoms with Crippen LogP contribution in [0.15, 0.2) is 57.9 Å². The lowest BCUT2D eigenvalue weighted by Gasteiger charge is -2.17. The second-order valence-corrected chi connectivity index (χ2v) is 12.7. The Morgan fingerprint density at radius 3 is 2.19 bits per heavy atom. The van der Waals surface area contributed by atoms with E-state index in [1.807, 2.05) is 12.1 Å². The molecule has 3 rings (SSSR count). The molecule has 1 heterocycles. The maximum atomic E-state index is 13.0. The van der Waals surface area contributed by atoms with Crippen molar-refractivity contribution in [1.82, 2.24) is 0 Å². The van der Waals surface area contributed by atoms with E-state index in [0.717, 1.165) is 24.7 Å². The van der Waals surface area contributed by atoms with Crippen molar-refractivity contribution in [1.29, 1.82) is 0 Å². The number of nitrogens with one attached hydrogen (secondary N) is 1. The zero-order valence-corrected chi connectivity index (χ0v) is 23.3. The molecule has 1 aromatic heterocycles. The highest BCUT2D eigenvalue weighted by atomic mass is 32.2. The molecule has 3 aromatic rings. The van der Waals surface area contributed by atoms with E-state index >= 15 is 0 Å². The van der Waals surface area contributed by atoms with Crippen molar-refractivity contribution >= 4 is 26.7 Å². The van der Waals surface area contributed by atoms with Gasteiger partial charge in [-0.1, -0.05) is 83.3 Å². The number of hydrogen-bond acceptors (Lipinski definition) is 4. The Labute approximate surface area is 221 Å². The Morgan fingerprint density at radius 2 is 1.54 bits per heavy atom. The number of benzene rings is 2. The lowest BCUT2D eigenvalue weighted by molar-refractivity contribution is 0.356. The Morgan fingerprint density at radius 1 is 0.892 bits per heavy atom. The standard InChI is InChI=1S/C31H39NO4S/c1-31(2,3)21-13-11-9-7-5-6-8-10-12-14-24-15-20-27-29(22-24)36-23-28(30(27)33)25-16-18-26(19-17-25)32-37(4,34)35/h15-20,22-23,32H,5-11,13,21H2,1-4H3. The number of fused-ring (bicyclic) bond motifs is 1. The van der Waals surface area contributed by atoms with Crippen LogP contribution in [-0.4, -0.2) is 14.7 Å². The quantitative estimate of drug-likeness (QED) is 0.207. The summed E-state index contributed by atoms with van der Waals surface area (Å²) in [4.78, 5) is 13.0. The molecule has 0 radical (unpaired) electrons. The molecule has 0 spiro atoms. The molecule has 0 aliphatic rings. The van der Waals surface area contributed by atoms with Gasteiger partial charge in [-0.05, 0) is 54.2 Å². The average Bonchev–Trinajstić information content (AvgIpc) is 2.82. The summed E-state index contributed by atoms with van der Waals surface area (Å²) < 4.78 is 31.0. The maximum Gasteiger partial charge on any atom is 0.229 e. The Hall–Kier alpha value is -3.04. The maximum absolute atomic E-state index is 13.0. The summed E-state index contributed by atoms with van der Waals surface area (Å²) in [5.41, 5.74) is 3.16. The molecule has 0 fully saturated rings. The van der Waals surface area contributed by atoms with Gasteiger partial charge in [0.1, 0.15) is 11.8 Å². The summed E-state index contributed by atoms with van der Waals surface area (Å²) in [7, 11) is -3.36. The highest BCUT2D eigenvalue weighted by Crippen LogP contribution is 2.24. The van der Waals surface area contributed by atoms with Crippen LogP contribution in [0.4, 0.5) is 5.69 Å². The molecule has 1 N–H and O–H groups in total. The summed E-state index contributed by atoms with van der Waals surface area (Å²) in [6.07, 6.45) is 13.6. The Balaban J connectivity index is 1.50. The molecule has 6 heteroatoms. The summed E-state index contributed by atoms with van der Waals surface area (Å²) in [6.45, 7) is 6.93. The molecule has 2 aromatic carbocycles. The Bertz CT molecular complexity index is 1400. The highest BCUT2D eigenvalue weighted by molar-refractivity contribution is 7.92. The van der Waals surface area contributed by atoms with E-state index in [1.54, 1.807) is 30.3 Å². The van der Waals surface area contributed by atoms with Gasteiger partial charge in [-0.3, -0.25) is 9.52 Å². The van der Waals surface area contributed by atoms with Crippen LogP contribution in [0.5, 0.6) is 0 Å². The zero-order valence-electron chi connectivity index (χ0n) is 22.5. The lowest BCUT2D eigenvalue weighted by atomic mass is 9.89. The average molecular weight is 522 g/mol. The van der Waals surface area contributed by atoms with Crippen molar-refractivity contribution < 1.29 is 12.8 Å². The fourth-order valence-corrected chi connectivity index (χ4v) is 4.82. The monoisotopic (exact) mass is 521 g/mol. The highest BCUT2D eigenvalue weighted by Gasteiger charge is 2.11. The molecule has 0 saturated carbocycles.